The van der Waals surface area contributed by atoms with Gasteiger partial charge in [0.15, 0.2) is 0 Å². The lowest BCUT2D eigenvalue weighted by Crippen LogP contribution is -2.21. The van der Waals surface area contributed by atoms with E-state index in [1.165, 1.54) is 0 Å². The number of benzene rings is 1. The smallest absolute Gasteiger partial charge is 0.390 e. The summed E-state index contributed by atoms with van der Waals surface area (Å²) in [7, 11) is 0. The maximum Gasteiger partial charge on any atom is 0.416 e. The SMILES string of the molecule is [N-]=[N+]=NCCC(O)C(O)c1ccc(C(F)(F)F)cc1C=O. The van der Waals surface area contributed by atoms with Gasteiger partial charge < -0.3 is 10.2 Å². The zero-order chi connectivity index (χ0) is 16.0. The van der Waals surface area contributed by atoms with E-state index in [0.29, 0.717) is 12.1 Å². The van der Waals surface area contributed by atoms with E-state index in [1.54, 1.807) is 0 Å². The molecule has 0 bridgehead atoms. The molecule has 0 fully saturated rings. The number of aldehydes is 1. The van der Waals surface area contributed by atoms with Crippen LogP contribution in [0.1, 0.15) is 34.0 Å². The molecule has 0 spiro atoms. The molecule has 0 heterocycles. The van der Waals surface area contributed by atoms with E-state index >= 15 is 0 Å². The number of alkyl halides is 3. The van der Waals surface area contributed by atoms with Gasteiger partial charge in [0.2, 0.25) is 0 Å². The van der Waals surface area contributed by atoms with Gasteiger partial charge in [-0.05, 0) is 29.6 Å². The number of carbonyl (C=O) groups is 1. The third-order valence-electron chi connectivity index (χ3n) is 2.81. The predicted molar refractivity (Wildman–Crippen MR) is 66.4 cm³/mol. The highest BCUT2D eigenvalue weighted by Crippen LogP contribution is 2.32. The number of azide groups is 1. The molecule has 9 heteroatoms. The molecule has 2 atom stereocenters. The first-order chi connectivity index (χ1) is 9.81. The summed E-state index contributed by atoms with van der Waals surface area (Å²) in [5.74, 6) is 0. The van der Waals surface area contributed by atoms with E-state index in [1.807, 2.05) is 0 Å². The molecule has 2 N–H and O–H groups in total. The monoisotopic (exact) mass is 303 g/mol. The van der Waals surface area contributed by atoms with Crippen LogP contribution >= 0.6 is 0 Å². The minimum Gasteiger partial charge on any atom is -0.390 e. The maximum atomic E-state index is 12.5. The Labute approximate surface area is 117 Å². The molecule has 0 amide bonds. The summed E-state index contributed by atoms with van der Waals surface area (Å²) in [5, 5.41) is 22.7. The van der Waals surface area contributed by atoms with Gasteiger partial charge in [0, 0.05) is 17.0 Å². The molecule has 0 aliphatic heterocycles. The fourth-order valence-corrected chi connectivity index (χ4v) is 1.72. The number of aliphatic hydroxyl groups is 2. The molecule has 2 unspecified atom stereocenters. The summed E-state index contributed by atoms with van der Waals surface area (Å²) in [6.45, 7) is -0.0915. The molecule has 1 aromatic carbocycles. The summed E-state index contributed by atoms with van der Waals surface area (Å²) >= 11 is 0. The second kappa shape index (κ2) is 7.07. The van der Waals surface area contributed by atoms with Gasteiger partial charge in [0.1, 0.15) is 12.4 Å². The molecular weight excluding hydrogens is 291 g/mol. The average Bonchev–Trinajstić information content (AvgIpc) is 2.45. The van der Waals surface area contributed by atoms with Crippen molar-refractivity contribution in [1.82, 2.24) is 0 Å². The Kier molecular flexibility index (Phi) is 5.71. The lowest BCUT2D eigenvalue weighted by atomic mass is 9.96. The van der Waals surface area contributed by atoms with Crippen LogP contribution in [0.3, 0.4) is 0 Å². The molecule has 0 aromatic heterocycles. The van der Waals surface area contributed by atoms with Gasteiger partial charge in [-0.3, -0.25) is 4.79 Å². The highest BCUT2D eigenvalue weighted by molar-refractivity contribution is 5.78. The van der Waals surface area contributed by atoms with Gasteiger partial charge in [0.05, 0.1) is 11.7 Å². The minimum atomic E-state index is -4.61. The van der Waals surface area contributed by atoms with Crippen LogP contribution in [0.25, 0.3) is 10.4 Å². The van der Waals surface area contributed by atoms with E-state index in [9.17, 15) is 28.2 Å². The Bertz CT molecular complexity index is 556. The summed E-state index contributed by atoms with van der Waals surface area (Å²) in [4.78, 5) is 13.3. The molecule has 21 heavy (non-hydrogen) atoms. The molecule has 114 valence electrons. The number of aliphatic hydroxyl groups excluding tert-OH is 2. The highest BCUT2D eigenvalue weighted by atomic mass is 19.4. The van der Waals surface area contributed by atoms with Crippen molar-refractivity contribution >= 4 is 6.29 Å². The van der Waals surface area contributed by atoms with Crippen molar-refractivity contribution in [2.45, 2.75) is 24.8 Å². The Balaban J connectivity index is 3.01. The normalized spacial score (nSPS) is 14.1. The second-order valence-electron chi connectivity index (χ2n) is 4.21. The van der Waals surface area contributed by atoms with Crippen molar-refractivity contribution in [2.24, 2.45) is 5.11 Å². The molecule has 0 radical (unpaired) electrons. The number of hydrogen-bond donors (Lipinski definition) is 2. The molecule has 1 aromatic rings. The molecule has 0 aliphatic carbocycles. The van der Waals surface area contributed by atoms with Gasteiger partial charge in [-0.1, -0.05) is 11.2 Å². The van der Waals surface area contributed by atoms with Crippen LogP contribution in [-0.2, 0) is 6.18 Å². The van der Waals surface area contributed by atoms with Gasteiger partial charge >= 0.3 is 6.18 Å². The first-order valence-corrected chi connectivity index (χ1v) is 5.84. The van der Waals surface area contributed by atoms with Gasteiger partial charge in [-0.15, -0.1) is 0 Å². The van der Waals surface area contributed by atoms with Crippen LogP contribution in [0, 0.1) is 0 Å². The zero-order valence-corrected chi connectivity index (χ0v) is 10.7. The number of nitrogens with zero attached hydrogens (tertiary/aromatic N) is 3. The first-order valence-electron chi connectivity index (χ1n) is 5.84. The summed E-state index contributed by atoms with van der Waals surface area (Å²) < 4.78 is 37.6. The standard InChI is InChI=1S/C12H12F3N3O3/c13-12(14,15)8-1-2-9(7(5-8)6-19)11(21)10(20)3-4-17-18-16/h1-2,5-6,10-11,20-21H,3-4H2. The Morgan fingerprint density at radius 3 is 2.57 bits per heavy atom. The number of rotatable bonds is 6. The minimum absolute atomic E-state index is 0.0915. The van der Waals surface area contributed by atoms with Crippen molar-refractivity contribution in [1.29, 1.82) is 0 Å². The Hall–Kier alpha value is -2.09. The van der Waals surface area contributed by atoms with Crippen LogP contribution in [0.4, 0.5) is 13.2 Å². The van der Waals surface area contributed by atoms with Crippen LogP contribution < -0.4 is 0 Å². The van der Waals surface area contributed by atoms with Crippen LogP contribution in [0.2, 0.25) is 0 Å². The largest absolute Gasteiger partial charge is 0.416 e. The molecule has 6 nitrogen and oxygen atoms in total. The fourth-order valence-electron chi connectivity index (χ4n) is 1.72. The molecule has 0 aliphatic rings. The quantitative estimate of drug-likeness (QED) is 0.365. The number of halogens is 3. The second-order valence-corrected chi connectivity index (χ2v) is 4.21. The van der Waals surface area contributed by atoms with E-state index in [0.717, 1.165) is 6.07 Å². The van der Waals surface area contributed by atoms with Crippen LogP contribution in [-0.4, -0.2) is 29.1 Å². The maximum absolute atomic E-state index is 12.5. The van der Waals surface area contributed by atoms with Gasteiger partial charge in [-0.2, -0.15) is 13.2 Å². The van der Waals surface area contributed by atoms with Crippen molar-refractivity contribution in [2.75, 3.05) is 6.54 Å². The van der Waals surface area contributed by atoms with E-state index in [-0.39, 0.29) is 30.4 Å². The van der Waals surface area contributed by atoms with E-state index in [2.05, 4.69) is 10.0 Å². The van der Waals surface area contributed by atoms with Crippen molar-refractivity contribution in [3.05, 3.63) is 45.3 Å². The van der Waals surface area contributed by atoms with Gasteiger partial charge in [0.25, 0.3) is 0 Å². The summed E-state index contributed by atoms with van der Waals surface area (Å²) in [6.07, 6.45) is -7.45. The third-order valence-corrected chi connectivity index (χ3v) is 2.81. The highest BCUT2D eigenvalue weighted by Gasteiger charge is 2.32. The predicted octanol–water partition coefficient (Wildman–Crippen LogP) is 2.61. The van der Waals surface area contributed by atoms with Crippen molar-refractivity contribution < 1.29 is 28.2 Å². The zero-order valence-electron chi connectivity index (χ0n) is 10.7. The van der Waals surface area contributed by atoms with E-state index in [4.69, 9.17) is 5.53 Å². The molecule has 0 saturated heterocycles. The summed E-state index contributed by atoms with van der Waals surface area (Å²) in [6, 6.07) is 2.26. The van der Waals surface area contributed by atoms with Gasteiger partial charge in [-0.25, -0.2) is 0 Å². The average molecular weight is 303 g/mol. The fraction of sp³-hybridized carbons (Fsp3) is 0.417. The Morgan fingerprint density at radius 1 is 1.38 bits per heavy atom. The van der Waals surface area contributed by atoms with E-state index < -0.39 is 23.9 Å². The first kappa shape index (κ1) is 17.0. The number of hydrogen-bond acceptors (Lipinski definition) is 4. The van der Waals surface area contributed by atoms with Crippen molar-refractivity contribution in [3.63, 3.8) is 0 Å². The number of carbonyl (C=O) groups excluding carboxylic acids is 1. The topological polar surface area (TPSA) is 106 Å². The third kappa shape index (κ3) is 4.45. The molecule has 1 rings (SSSR count). The lowest BCUT2D eigenvalue weighted by Gasteiger charge is -2.19. The Morgan fingerprint density at radius 2 is 2.05 bits per heavy atom. The van der Waals surface area contributed by atoms with Crippen LogP contribution in [0.5, 0.6) is 0 Å². The lowest BCUT2D eigenvalue weighted by molar-refractivity contribution is -0.137. The van der Waals surface area contributed by atoms with Crippen molar-refractivity contribution in [3.8, 4) is 0 Å². The molecule has 0 saturated carbocycles. The summed E-state index contributed by atoms with van der Waals surface area (Å²) in [5.41, 5.74) is 6.58. The van der Waals surface area contributed by atoms with Crippen LogP contribution in [0.15, 0.2) is 23.3 Å². The molecular formula is C12H12F3N3O3.